The number of amides is 1. The normalized spacial score (nSPS) is 23.7. The summed E-state index contributed by atoms with van der Waals surface area (Å²) in [4.78, 5) is 14.0. The van der Waals surface area contributed by atoms with Crippen molar-refractivity contribution in [1.29, 1.82) is 0 Å². The first-order chi connectivity index (χ1) is 9.24. The van der Waals surface area contributed by atoms with Gasteiger partial charge in [0.25, 0.3) is 0 Å². The van der Waals surface area contributed by atoms with Crippen molar-refractivity contribution in [3.63, 3.8) is 0 Å². The summed E-state index contributed by atoms with van der Waals surface area (Å²) in [6.07, 6.45) is 5.18. The third-order valence-electron chi connectivity index (χ3n) is 4.27. The molecule has 2 fully saturated rings. The molecule has 4 heteroatoms. The molecule has 1 heterocycles. The molecule has 0 aromatic heterocycles. The maximum Gasteiger partial charge on any atom is 0.238 e. The Morgan fingerprint density at radius 2 is 2.00 bits per heavy atom. The lowest BCUT2D eigenvalue weighted by Gasteiger charge is -2.30. The zero-order valence-corrected chi connectivity index (χ0v) is 11.7. The minimum Gasteiger partial charge on any atom is -0.322 e. The van der Waals surface area contributed by atoms with E-state index in [1.165, 1.54) is 19.3 Å². The Bertz CT molecular complexity index is 456. The van der Waals surface area contributed by atoms with Gasteiger partial charge in [0.15, 0.2) is 0 Å². The third kappa shape index (κ3) is 2.77. The van der Waals surface area contributed by atoms with Crippen molar-refractivity contribution in [2.75, 3.05) is 13.1 Å². The van der Waals surface area contributed by atoms with Gasteiger partial charge in [-0.15, -0.1) is 0 Å². The molecular formula is C15H19ClN2O. The molecule has 1 unspecified atom stereocenters. The lowest BCUT2D eigenvalue weighted by molar-refractivity contribution is -0.128. The van der Waals surface area contributed by atoms with Crippen LogP contribution in [0.5, 0.6) is 0 Å². The highest BCUT2D eigenvalue weighted by molar-refractivity contribution is 6.30. The summed E-state index contributed by atoms with van der Waals surface area (Å²) >= 11 is 5.91. The third-order valence-corrected chi connectivity index (χ3v) is 4.52. The number of carbonyl (C=O) groups is 1. The second kappa shape index (κ2) is 5.51. The van der Waals surface area contributed by atoms with Crippen molar-refractivity contribution in [2.45, 2.75) is 31.8 Å². The number of nitrogens with zero attached hydrogens (tertiary/aromatic N) is 1. The first kappa shape index (κ1) is 12.9. The summed E-state index contributed by atoms with van der Waals surface area (Å²) in [7, 11) is 0. The maximum atomic E-state index is 12.0. The van der Waals surface area contributed by atoms with Gasteiger partial charge in [-0.2, -0.15) is 0 Å². The Balaban J connectivity index is 1.68. The van der Waals surface area contributed by atoms with Gasteiger partial charge in [-0.1, -0.05) is 43.0 Å². The van der Waals surface area contributed by atoms with Gasteiger partial charge in [0.1, 0.15) is 6.17 Å². The summed E-state index contributed by atoms with van der Waals surface area (Å²) in [6.45, 7) is 1.31. The monoisotopic (exact) mass is 278 g/mol. The average Bonchev–Trinajstić information content (AvgIpc) is 2.70. The van der Waals surface area contributed by atoms with Crippen molar-refractivity contribution in [1.82, 2.24) is 10.2 Å². The number of rotatable bonds is 4. The molecule has 0 spiro atoms. The lowest BCUT2D eigenvalue weighted by atomic mass is 9.83. The smallest absolute Gasteiger partial charge is 0.238 e. The molecule has 1 aromatic carbocycles. The molecule has 1 N–H and O–H groups in total. The van der Waals surface area contributed by atoms with Crippen LogP contribution in [0.1, 0.15) is 37.4 Å². The fourth-order valence-electron chi connectivity index (χ4n) is 2.84. The number of benzene rings is 1. The van der Waals surface area contributed by atoms with Gasteiger partial charge in [0.2, 0.25) is 5.91 Å². The predicted molar refractivity (Wildman–Crippen MR) is 75.9 cm³/mol. The first-order valence-corrected chi connectivity index (χ1v) is 7.40. The summed E-state index contributed by atoms with van der Waals surface area (Å²) in [5.41, 5.74) is 1.11. The van der Waals surface area contributed by atoms with E-state index >= 15 is 0 Å². The van der Waals surface area contributed by atoms with Crippen LogP contribution in [0, 0.1) is 5.92 Å². The SMILES string of the molecule is O=C1CNC(c2ccc(Cl)cc2)N1CCC1CCC1. The number of nitrogens with one attached hydrogen (secondary N) is 1. The molecule has 3 nitrogen and oxygen atoms in total. The molecule has 19 heavy (non-hydrogen) atoms. The Hall–Kier alpha value is -1.06. The van der Waals surface area contributed by atoms with E-state index < -0.39 is 0 Å². The van der Waals surface area contributed by atoms with Crippen LogP contribution in [-0.2, 0) is 4.79 Å². The first-order valence-electron chi connectivity index (χ1n) is 7.02. The number of halogens is 1. The largest absolute Gasteiger partial charge is 0.322 e. The van der Waals surface area contributed by atoms with Crippen LogP contribution in [0.2, 0.25) is 5.02 Å². The Morgan fingerprint density at radius 1 is 1.26 bits per heavy atom. The molecule has 2 aliphatic rings. The van der Waals surface area contributed by atoms with Gasteiger partial charge in [-0.25, -0.2) is 0 Å². The van der Waals surface area contributed by atoms with Crippen LogP contribution in [0.15, 0.2) is 24.3 Å². The fourth-order valence-corrected chi connectivity index (χ4v) is 2.97. The van der Waals surface area contributed by atoms with Crippen molar-refractivity contribution in [3.8, 4) is 0 Å². The molecule has 102 valence electrons. The minimum atomic E-state index is 0.0184. The van der Waals surface area contributed by atoms with Crippen molar-refractivity contribution in [3.05, 3.63) is 34.9 Å². The number of carbonyl (C=O) groups excluding carboxylic acids is 1. The van der Waals surface area contributed by atoms with E-state index in [0.29, 0.717) is 6.54 Å². The summed E-state index contributed by atoms with van der Waals surface area (Å²) in [6, 6.07) is 7.75. The zero-order valence-electron chi connectivity index (χ0n) is 10.9. The number of hydrogen-bond donors (Lipinski definition) is 1. The fraction of sp³-hybridized carbons (Fsp3) is 0.533. The van der Waals surface area contributed by atoms with Gasteiger partial charge >= 0.3 is 0 Å². The summed E-state index contributed by atoms with van der Waals surface area (Å²) in [5.74, 6) is 1.04. The average molecular weight is 279 g/mol. The van der Waals surface area contributed by atoms with Crippen LogP contribution in [-0.4, -0.2) is 23.9 Å². The second-order valence-corrected chi connectivity index (χ2v) is 5.94. The molecule has 1 aliphatic carbocycles. The molecular weight excluding hydrogens is 260 g/mol. The Morgan fingerprint density at radius 3 is 2.63 bits per heavy atom. The quantitative estimate of drug-likeness (QED) is 0.918. The van der Waals surface area contributed by atoms with Crippen LogP contribution >= 0.6 is 11.6 Å². The zero-order chi connectivity index (χ0) is 13.2. The van der Waals surface area contributed by atoms with Crippen molar-refractivity contribution in [2.24, 2.45) is 5.92 Å². The lowest BCUT2D eigenvalue weighted by Crippen LogP contribution is -2.33. The van der Waals surface area contributed by atoms with E-state index in [0.717, 1.165) is 29.5 Å². The van der Waals surface area contributed by atoms with Crippen LogP contribution in [0.25, 0.3) is 0 Å². The van der Waals surface area contributed by atoms with Crippen LogP contribution in [0.3, 0.4) is 0 Å². The predicted octanol–water partition coefficient (Wildman–Crippen LogP) is 2.96. The summed E-state index contributed by atoms with van der Waals surface area (Å²) in [5, 5.41) is 4.02. The molecule has 1 atom stereocenters. The highest BCUT2D eigenvalue weighted by atomic mass is 35.5. The molecule has 0 bridgehead atoms. The molecule has 1 aromatic rings. The van der Waals surface area contributed by atoms with Gasteiger partial charge in [0, 0.05) is 11.6 Å². The standard InChI is InChI=1S/C15H19ClN2O/c16-13-6-4-12(5-7-13)15-17-10-14(19)18(15)9-8-11-2-1-3-11/h4-7,11,15,17H,1-3,8-10H2. The Kier molecular flexibility index (Phi) is 3.76. The molecule has 1 aliphatic heterocycles. The molecule has 3 rings (SSSR count). The molecule has 1 saturated heterocycles. The van der Waals surface area contributed by atoms with Gasteiger partial charge in [0.05, 0.1) is 6.54 Å². The van der Waals surface area contributed by atoms with Gasteiger partial charge in [-0.05, 0) is 30.0 Å². The summed E-state index contributed by atoms with van der Waals surface area (Å²) < 4.78 is 0. The van der Waals surface area contributed by atoms with E-state index in [1.807, 2.05) is 29.2 Å². The molecule has 1 amide bonds. The second-order valence-electron chi connectivity index (χ2n) is 5.51. The van der Waals surface area contributed by atoms with Crippen molar-refractivity contribution >= 4 is 17.5 Å². The number of hydrogen-bond acceptors (Lipinski definition) is 2. The minimum absolute atomic E-state index is 0.0184. The highest BCUT2D eigenvalue weighted by Crippen LogP contribution is 2.31. The molecule has 0 radical (unpaired) electrons. The van der Waals surface area contributed by atoms with E-state index in [4.69, 9.17) is 11.6 Å². The van der Waals surface area contributed by atoms with Gasteiger partial charge < -0.3 is 4.90 Å². The molecule has 1 saturated carbocycles. The van der Waals surface area contributed by atoms with Gasteiger partial charge in [-0.3, -0.25) is 10.1 Å². The Labute approximate surface area is 118 Å². The maximum absolute atomic E-state index is 12.0. The van der Waals surface area contributed by atoms with Crippen LogP contribution in [0.4, 0.5) is 0 Å². The topological polar surface area (TPSA) is 32.3 Å². The highest BCUT2D eigenvalue weighted by Gasteiger charge is 2.32. The van der Waals surface area contributed by atoms with E-state index in [9.17, 15) is 4.79 Å². The van der Waals surface area contributed by atoms with Crippen molar-refractivity contribution < 1.29 is 4.79 Å². The van der Waals surface area contributed by atoms with E-state index in [-0.39, 0.29) is 12.1 Å². The van der Waals surface area contributed by atoms with Crippen LogP contribution < -0.4 is 5.32 Å². The van der Waals surface area contributed by atoms with E-state index in [2.05, 4.69) is 5.32 Å². The van der Waals surface area contributed by atoms with E-state index in [1.54, 1.807) is 0 Å².